The number of anilines is 1. The standard InChI is InChI=1S/C31H42N4O/c1-2-19-35(28-13-17-32-18-14-28)29-15-20-33(21-16-29)22-27-23-34(31(36)26-11-7-4-8-12-26)24-30(27)25-9-5-3-6-10-25/h2-3,5-6,9-10,13-14,17-18,26-27,29-30H,1,4,7-8,11-12,15-16,19-24H2/t27-,30+/m0/s1. The molecule has 0 unspecified atom stereocenters. The Morgan fingerprint density at radius 3 is 2.39 bits per heavy atom. The largest absolute Gasteiger partial charge is 0.365 e. The second-order valence-electron chi connectivity index (χ2n) is 11.0. The van der Waals surface area contributed by atoms with Crippen molar-refractivity contribution in [3.8, 4) is 0 Å². The van der Waals surface area contributed by atoms with Gasteiger partial charge in [0.15, 0.2) is 0 Å². The van der Waals surface area contributed by atoms with Crippen LogP contribution in [0.25, 0.3) is 0 Å². The van der Waals surface area contributed by atoms with E-state index in [2.05, 4.69) is 68.7 Å². The number of likely N-dealkylation sites (tertiary alicyclic amines) is 2. The highest BCUT2D eigenvalue weighted by Gasteiger charge is 2.39. The van der Waals surface area contributed by atoms with Gasteiger partial charge in [-0.1, -0.05) is 55.7 Å². The molecular formula is C31H42N4O. The molecule has 0 spiro atoms. The molecule has 1 aliphatic carbocycles. The van der Waals surface area contributed by atoms with Crippen LogP contribution in [0.3, 0.4) is 0 Å². The maximum absolute atomic E-state index is 13.4. The third-order valence-corrected chi connectivity index (χ3v) is 8.75. The molecule has 2 atom stereocenters. The number of pyridine rings is 1. The first kappa shape index (κ1) is 25.0. The van der Waals surface area contributed by atoms with Crippen molar-refractivity contribution in [2.75, 3.05) is 44.2 Å². The molecule has 3 fully saturated rings. The Morgan fingerprint density at radius 1 is 0.972 bits per heavy atom. The van der Waals surface area contributed by atoms with Gasteiger partial charge in [-0.15, -0.1) is 6.58 Å². The van der Waals surface area contributed by atoms with Gasteiger partial charge in [0.2, 0.25) is 5.91 Å². The lowest BCUT2D eigenvalue weighted by molar-refractivity contribution is -0.135. The van der Waals surface area contributed by atoms with Gasteiger partial charge in [0, 0.05) is 75.2 Å². The van der Waals surface area contributed by atoms with E-state index in [1.54, 1.807) is 0 Å². The smallest absolute Gasteiger partial charge is 0.225 e. The Labute approximate surface area is 217 Å². The number of amides is 1. The van der Waals surface area contributed by atoms with Crippen LogP contribution in [0, 0.1) is 11.8 Å². The average molecular weight is 487 g/mol. The van der Waals surface area contributed by atoms with Gasteiger partial charge in [-0.3, -0.25) is 9.78 Å². The maximum atomic E-state index is 13.4. The lowest BCUT2D eigenvalue weighted by Gasteiger charge is -2.40. The molecule has 5 heteroatoms. The van der Waals surface area contributed by atoms with Crippen molar-refractivity contribution in [2.24, 2.45) is 11.8 Å². The molecule has 0 radical (unpaired) electrons. The summed E-state index contributed by atoms with van der Waals surface area (Å²) in [6, 6.07) is 15.7. The zero-order chi connectivity index (χ0) is 24.7. The highest BCUT2D eigenvalue weighted by atomic mass is 16.2. The van der Waals surface area contributed by atoms with Gasteiger partial charge in [0.1, 0.15) is 0 Å². The summed E-state index contributed by atoms with van der Waals surface area (Å²) < 4.78 is 0. The molecule has 3 aliphatic rings. The Bertz CT molecular complexity index is 967. The van der Waals surface area contributed by atoms with Crippen molar-refractivity contribution in [1.29, 1.82) is 0 Å². The van der Waals surface area contributed by atoms with Crippen LogP contribution in [-0.2, 0) is 4.79 Å². The first-order valence-electron chi connectivity index (χ1n) is 14.1. The molecule has 5 nitrogen and oxygen atoms in total. The average Bonchev–Trinajstić information content (AvgIpc) is 3.37. The number of carbonyl (C=O) groups excluding carboxylic acids is 1. The lowest BCUT2D eigenvalue weighted by Crippen LogP contribution is -2.47. The number of benzene rings is 1. The van der Waals surface area contributed by atoms with Crippen molar-refractivity contribution >= 4 is 11.6 Å². The zero-order valence-corrected chi connectivity index (χ0v) is 21.7. The van der Waals surface area contributed by atoms with Gasteiger partial charge in [-0.2, -0.15) is 0 Å². The molecule has 0 N–H and O–H groups in total. The molecule has 2 aromatic rings. The van der Waals surface area contributed by atoms with Crippen LogP contribution >= 0.6 is 0 Å². The van der Waals surface area contributed by atoms with Crippen LogP contribution in [0.1, 0.15) is 56.4 Å². The molecule has 3 heterocycles. The second-order valence-corrected chi connectivity index (χ2v) is 11.0. The fourth-order valence-corrected chi connectivity index (χ4v) is 6.81. The number of hydrogen-bond acceptors (Lipinski definition) is 4. The minimum Gasteiger partial charge on any atom is -0.365 e. The summed E-state index contributed by atoms with van der Waals surface area (Å²) in [7, 11) is 0. The molecule has 1 saturated carbocycles. The third kappa shape index (κ3) is 5.83. The van der Waals surface area contributed by atoms with Crippen molar-refractivity contribution in [2.45, 2.75) is 56.9 Å². The number of carbonyl (C=O) groups is 1. The molecule has 192 valence electrons. The van der Waals surface area contributed by atoms with E-state index in [-0.39, 0.29) is 5.92 Å². The molecule has 0 bridgehead atoms. The monoisotopic (exact) mass is 486 g/mol. The highest BCUT2D eigenvalue weighted by Crippen LogP contribution is 2.36. The molecule has 1 amide bonds. The first-order valence-corrected chi connectivity index (χ1v) is 14.1. The van der Waals surface area contributed by atoms with E-state index in [1.807, 2.05) is 18.5 Å². The number of hydrogen-bond donors (Lipinski definition) is 0. The Morgan fingerprint density at radius 2 is 1.69 bits per heavy atom. The van der Waals surface area contributed by atoms with Crippen molar-refractivity contribution in [3.63, 3.8) is 0 Å². The van der Waals surface area contributed by atoms with Crippen LogP contribution in [0.5, 0.6) is 0 Å². The topological polar surface area (TPSA) is 39.7 Å². The Hall–Kier alpha value is -2.66. The van der Waals surface area contributed by atoms with E-state index in [9.17, 15) is 4.79 Å². The van der Waals surface area contributed by atoms with Crippen molar-refractivity contribution in [1.82, 2.24) is 14.8 Å². The summed E-state index contributed by atoms with van der Waals surface area (Å²) in [5, 5.41) is 0. The van der Waals surface area contributed by atoms with Crippen LogP contribution in [0.2, 0.25) is 0 Å². The molecule has 5 rings (SSSR count). The number of rotatable bonds is 8. The lowest BCUT2D eigenvalue weighted by atomic mass is 9.88. The van der Waals surface area contributed by atoms with Gasteiger partial charge in [-0.25, -0.2) is 0 Å². The van der Waals surface area contributed by atoms with Crippen molar-refractivity contribution in [3.05, 3.63) is 73.1 Å². The van der Waals surface area contributed by atoms with E-state index in [0.717, 1.165) is 65.0 Å². The van der Waals surface area contributed by atoms with E-state index < -0.39 is 0 Å². The van der Waals surface area contributed by atoms with Crippen LogP contribution < -0.4 is 4.90 Å². The summed E-state index contributed by atoms with van der Waals surface area (Å²) in [6.45, 7) is 9.96. The normalized spacial score (nSPS) is 24.1. The van der Waals surface area contributed by atoms with Crippen molar-refractivity contribution < 1.29 is 4.79 Å². The maximum Gasteiger partial charge on any atom is 0.225 e. The number of aromatic nitrogens is 1. The third-order valence-electron chi connectivity index (χ3n) is 8.75. The van der Waals surface area contributed by atoms with Crippen LogP contribution in [0.15, 0.2) is 67.5 Å². The summed E-state index contributed by atoms with van der Waals surface area (Å²) in [5.74, 6) is 1.62. The van der Waals surface area contributed by atoms with Crippen LogP contribution in [0.4, 0.5) is 5.69 Å². The van der Waals surface area contributed by atoms with E-state index in [4.69, 9.17) is 0 Å². The van der Waals surface area contributed by atoms with Gasteiger partial charge in [0.05, 0.1) is 0 Å². The molecule has 36 heavy (non-hydrogen) atoms. The number of piperidine rings is 1. The summed E-state index contributed by atoms with van der Waals surface area (Å²) in [4.78, 5) is 25.0. The SMILES string of the molecule is C=CCN(c1ccncc1)C1CCN(C[C@H]2CN(C(=O)C3CCCCC3)C[C@@H]2c2ccccc2)CC1. The predicted molar refractivity (Wildman–Crippen MR) is 147 cm³/mol. The van der Waals surface area contributed by atoms with Crippen LogP contribution in [-0.4, -0.2) is 66.0 Å². The molecule has 1 aromatic carbocycles. The highest BCUT2D eigenvalue weighted by molar-refractivity contribution is 5.79. The fourth-order valence-electron chi connectivity index (χ4n) is 6.81. The van der Waals surface area contributed by atoms with E-state index in [0.29, 0.717) is 23.8 Å². The minimum atomic E-state index is 0.258. The minimum absolute atomic E-state index is 0.258. The molecular weight excluding hydrogens is 444 g/mol. The zero-order valence-electron chi connectivity index (χ0n) is 21.7. The Balaban J connectivity index is 1.23. The quantitative estimate of drug-likeness (QED) is 0.471. The van der Waals surface area contributed by atoms with Gasteiger partial charge < -0.3 is 14.7 Å². The fraction of sp³-hybridized carbons (Fsp3) is 0.548. The van der Waals surface area contributed by atoms with Gasteiger partial charge in [0.25, 0.3) is 0 Å². The number of nitrogens with zero attached hydrogens (tertiary/aromatic N) is 4. The molecule has 2 saturated heterocycles. The van der Waals surface area contributed by atoms with E-state index >= 15 is 0 Å². The molecule has 2 aliphatic heterocycles. The van der Waals surface area contributed by atoms with E-state index in [1.165, 1.54) is 30.5 Å². The predicted octanol–water partition coefficient (Wildman–Crippen LogP) is 5.36. The molecule has 1 aromatic heterocycles. The second kappa shape index (κ2) is 12.1. The summed E-state index contributed by atoms with van der Waals surface area (Å²) >= 11 is 0. The Kier molecular flexibility index (Phi) is 8.37. The summed E-state index contributed by atoms with van der Waals surface area (Å²) in [5.41, 5.74) is 2.63. The van der Waals surface area contributed by atoms with Gasteiger partial charge in [-0.05, 0) is 49.3 Å². The summed E-state index contributed by atoms with van der Waals surface area (Å²) in [6.07, 6.45) is 14.0. The first-order chi connectivity index (χ1) is 17.7. The van der Waals surface area contributed by atoms with Gasteiger partial charge >= 0.3 is 0 Å².